The SMILES string of the molecule is OC1CCN(c2cccc3ccc(-n4cnc5cc(OCc6ccccn6)ccc54)nc23)CC1. The second-order valence-corrected chi connectivity index (χ2v) is 8.61. The van der Waals surface area contributed by atoms with Gasteiger partial charge in [-0.05, 0) is 55.3 Å². The van der Waals surface area contributed by atoms with Gasteiger partial charge in [0.05, 0.1) is 34.0 Å². The summed E-state index contributed by atoms with van der Waals surface area (Å²) in [7, 11) is 0. The number of hydrogen-bond acceptors (Lipinski definition) is 6. The average Bonchev–Trinajstić information content (AvgIpc) is 3.31. The van der Waals surface area contributed by atoms with Crippen LogP contribution < -0.4 is 9.64 Å². The van der Waals surface area contributed by atoms with E-state index in [0.717, 1.165) is 70.8 Å². The number of anilines is 1. The molecule has 34 heavy (non-hydrogen) atoms. The van der Waals surface area contributed by atoms with Gasteiger partial charge < -0.3 is 14.7 Å². The topological polar surface area (TPSA) is 76.3 Å². The average molecular weight is 452 g/mol. The summed E-state index contributed by atoms with van der Waals surface area (Å²) < 4.78 is 7.92. The molecule has 0 radical (unpaired) electrons. The van der Waals surface area contributed by atoms with Crippen molar-refractivity contribution in [2.24, 2.45) is 0 Å². The standard InChI is InChI=1S/C27H25N5O2/c33-21-11-14-31(15-12-21)25-6-3-4-19-7-10-26(30-27(19)25)32-18-29-23-16-22(8-9-24(23)32)34-17-20-5-1-2-13-28-20/h1-10,13,16,18,21,33H,11-12,14-15,17H2. The number of aliphatic hydroxyl groups excluding tert-OH is 1. The van der Waals surface area contributed by atoms with E-state index in [4.69, 9.17) is 9.72 Å². The minimum atomic E-state index is -0.204. The second kappa shape index (κ2) is 8.76. The van der Waals surface area contributed by atoms with Crippen LogP contribution in [0.25, 0.3) is 27.8 Å². The lowest BCUT2D eigenvalue weighted by molar-refractivity contribution is 0.145. The number of piperidine rings is 1. The molecule has 1 saturated heterocycles. The highest BCUT2D eigenvalue weighted by atomic mass is 16.5. The van der Waals surface area contributed by atoms with Crippen molar-refractivity contribution in [2.45, 2.75) is 25.6 Å². The third-order valence-electron chi connectivity index (χ3n) is 6.37. The zero-order chi connectivity index (χ0) is 22.9. The van der Waals surface area contributed by atoms with Gasteiger partial charge in [0, 0.05) is 30.7 Å². The molecule has 7 heteroatoms. The van der Waals surface area contributed by atoms with Crippen LogP contribution in [-0.2, 0) is 6.61 Å². The highest BCUT2D eigenvalue weighted by molar-refractivity contribution is 5.92. The minimum Gasteiger partial charge on any atom is -0.487 e. The zero-order valence-corrected chi connectivity index (χ0v) is 18.7. The van der Waals surface area contributed by atoms with Crippen LogP contribution in [-0.4, -0.2) is 43.8 Å². The summed E-state index contributed by atoms with van der Waals surface area (Å²) >= 11 is 0. The fourth-order valence-corrected chi connectivity index (χ4v) is 4.52. The number of fused-ring (bicyclic) bond motifs is 2. The lowest BCUT2D eigenvalue weighted by atomic mass is 10.1. The maximum absolute atomic E-state index is 9.90. The van der Waals surface area contributed by atoms with Crippen LogP contribution in [0.3, 0.4) is 0 Å². The van der Waals surface area contributed by atoms with Crippen molar-refractivity contribution in [3.63, 3.8) is 0 Å². The minimum absolute atomic E-state index is 0.204. The number of rotatable bonds is 5. The van der Waals surface area contributed by atoms with Crippen LogP contribution in [0.1, 0.15) is 18.5 Å². The molecule has 6 rings (SSSR count). The Kier molecular flexibility index (Phi) is 5.31. The van der Waals surface area contributed by atoms with Crippen molar-refractivity contribution in [2.75, 3.05) is 18.0 Å². The molecular weight excluding hydrogens is 426 g/mol. The normalized spacial score (nSPS) is 14.7. The lowest BCUT2D eigenvalue weighted by Gasteiger charge is -2.32. The van der Waals surface area contributed by atoms with Crippen LogP contribution in [0.5, 0.6) is 5.75 Å². The predicted molar refractivity (Wildman–Crippen MR) is 132 cm³/mol. The smallest absolute Gasteiger partial charge is 0.139 e. The van der Waals surface area contributed by atoms with Crippen LogP contribution >= 0.6 is 0 Å². The maximum Gasteiger partial charge on any atom is 0.139 e. The zero-order valence-electron chi connectivity index (χ0n) is 18.7. The van der Waals surface area contributed by atoms with Gasteiger partial charge in [0.25, 0.3) is 0 Å². The summed E-state index contributed by atoms with van der Waals surface area (Å²) in [5.41, 5.74) is 4.77. The molecule has 0 atom stereocenters. The first-order chi connectivity index (χ1) is 16.7. The Morgan fingerprint density at radius 3 is 2.71 bits per heavy atom. The highest BCUT2D eigenvalue weighted by Gasteiger charge is 2.19. The second-order valence-electron chi connectivity index (χ2n) is 8.61. The van der Waals surface area contributed by atoms with Gasteiger partial charge in [0.1, 0.15) is 24.5 Å². The third kappa shape index (κ3) is 3.95. The van der Waals surface area contributed by atoms with E-state index in [0.29, 0.717) is 6.61 Å². The van der Waals surface area contributed by atoms with Crippen molar-refractivity contribution in [1.29, 1.82) is 0 Å². The first-order valence-corrected chi connectivity index (χ1v) is 11.6. The van der Waals surface area contributed by atoms with Gasteiger partial charge in [0.2, 0.25) is 0 Å². The van der Waals surface area contributed by atoms with E-state index in [1.54, 1.807) is 12.5 Å². The van der Waals surface area contributed by atoms with Gasteiger partial charge in [-0.2, -0.15) is 0 Å². The molecule has 5 aromatic rings. The van der Waals surface area contributed by atoms with Crippen molar-refractivity contribution < 1.29 is 9.84 Å². The molecule has 4 heterocycles. The van der Waals surface area contributed by atoms with Crippen molar-refractivity contribution in [1.82, 2.24) is 19.5 Å². The lowest BCUT2D eigenvalue weighted by Crippen LogP contribution is -2.35. The van der Waals surface area contributed by atoms with Gasteiger partial charge in [-0.3, -0.25) is 9.55 Å². The van der Waals surface area contributed by atoms with Gasteiger partial charge in [0.15, 0.2) is 0 Å². The summed E-state index contributed by atoms with van der Waals surface area (Å²) in [5, 5.41) is 11.0. The number of ether oxygens (including phenoxy) is 1. The first kappa shape index (κ1) is 20.6. The highest BCUT2D eigenvalue weighted by Crippen LogP contribution is 2.30. The molecule has 2 aromatic carbocycles. The number of pyridine rings is 2. The molecular formula is C27H25N5O2. The monoisotopic (exact) mass is 451 g/mol. The molecule has 0 amide bonds. The number of para-hydroxylation sites is 1. The Bertz CT molecular complexity index is 1440. The molecule has 7 nitrogen and oxygen atoms in total. The Morgan fingerprint density at radius 2 is 1.85 bits per heavy atom. The molecule has 3 aromatic heterocycles. The van der Waals surface area contributed by atoms with Gasteiger partial charge in [-0.15, -0.1) is 0 Å². The van der Waals surface area contributed by atoms with E-state index in [2.05, 4.69) is 39.1 Å². The molecule has 1 N–H and O–H groups in total. The van der Waals surface area contributed by atoms with Crippen LogP contribution in [0, 0.1) is 0 Å². The Balaban J connectivity index is 1.31. The molecule has 170 valence electrons. The molecule has 0 bridgehead atoms. The summed E-state index contributed by atoms with van der Waals surface area (Å²) in [5.74, 6) is 1.58. The fraction of sp³-hybridized carbons (Fsp3) is 0.222. The molecule has 0 saturated carbocycles. The molecule has 0 unspecified atom stereocenters. The molecule has 1 aliphatic heterocycles. The van der Waals surface area contributed by atoms with Crippen molar-refractivity contribution in [3.05, 3.63) is 84.9 Å². The number of imidazole rings is 1. The summed E-state index contributed by atoms with van der Waals surface area (Å²) in [6.45, 7) is 2.08. The summed E-state index contributed by atoms with van der Waals surface area (Å²) in [6, 6.07) is 22.1. The van der Waals surface area contributed by atoms with E-state index >= 15 is 0 Å². The fourth-order valence-electron chi connectivity index (χ4n) is 4.52. The van der Waals surface area contributed by atoms with E-state index in [1.807, 2.05) is 47.0 Å². The third-order valence-corrected chi connectivity index (χ3v) is 6.37. The van der Waals surface area contributed by atoms with Crippen molar-refractivity contribution in [3.8, 4) is 11.6 Å². The van der Waals surface area contributed by atoms with E-state index in [9.17, 15) is 5.11 Å². The van der Waals surface area contributed by atoms with E-state index < -0.39 is 0 Å². The van der Waals surface area contributed by atoms with Crippen LogP contribution in [0.15, 0.2) is 79.3 Å². The molecule has 1 aliphatic rings. The predicted octanol–water partition coefficient (Wildman–Crippen LogP) is 4.51. The molecule has 0 aliphatic carbocycles. The van der Waals surface area contributed by atoms with Gasteiger partial charge >= 0.3 is 0 Å². The van der Waals surface area contributed by atoms with E-state index in [-0.39, 0.29) is 6.10 Å². The first-order valence-electron chi connectivity index (χ1n) is 11.6. The maximum atomic E-state index is 9.90. The molecule has 0 spiro atoms. The Morgan fingerprint density at radius 1 is 0.941 bits per heavy atom. The largest absolute Gasteiger partial charge is 0.487 e. The summed E-state index contributed by atoms with van der Waals surface area (Å²) in [4.78, 5) is 16.3. The Hall–Kier alpha value is -3.97. The van der Waals surface area contributed by atoms with E-state index in [1.165, 1.54) is 0 Å². The number of aliphatic hydroxyl groups is 1. The van der Waals surface area contributed by atoms with Crippen LogP contribution in [0.4, 0.5) is 5.69 Å². The van der Waals surface area contributed by atoms with Crippen molar-refractivity contribution >= 4 is 27.6 Å². The number of nitrogens with zero attached hydrogens (tertiary/aromatic N) is 5. The Labute approximate surface area is 197 Å². The number of benzene rings is 2. The van der Waals surface area contributed by atoms with Gasteiger partial charge in [-0.1, -0.05) is 18.2 Å². The number of aromatic nitrogens is 4. The quantitative estimate of drug-likeness (QED) is 0.424. The van der Waals surface area contributed by atoms with Crippen LogP contribution in [0.2, 0.25) is 0 Å². The summed E-state index contributed by atoms with van der Waals surface area (Å²) in [6.07, 6.45) is 4.94. The number of hydrogen-bond donors (Lipinski definition) is 1. The van der Waals surface area contributed by atoms with Gasteiger partial charge in [-0.25, -0.2) is 9.97 Å². The molecule has 1 fully saturated rings.